The molecule has 0 spiro atoms. The molecule has 0 aliphatic carbocycles. The fourth-order valence-corrected chi connectivity index (χ4v) is 1.42. The molecule has 1 rings (SSSR count). The lowest BCUT2D eigenvalue weighted by atomic mass is 10.2. The molecule has 12 heavy (non-hydrogen) atoms. The molecule has 1 N–H and O–H groups in total. The molecule has 0 saturated heterocycles. The third-order valence-electron chi connectivity index (χ3n) is 1.62. The van der Waals surface area contributed by atoms with Crippen LogP contribution in [-0.4, -0.2) is 16.1 Å². The predicted octanol–water partition coefficient (Wildman–Crippen LogP) is 2.16. The molecule has 0 fully saturated rings. The first kappa shape index (κ1) is 9.19. The first-order valence-electron chi connectivity index (χ1n) is 3.39. The van der Waals surface area contributed by atoms with Gasteiger partial charge in [0.05, 0.1) is 4.47 Å². The Hall–Kier alpha value is -0.900. The predicted molar refractivity (Wildman–Crippen MR) is 48.4 cm³/mol. The van der Waals surface area contributed by atoms with Gasteiger partial charge in [-0.1, -0.05) is 0 Å². The fraction of sp³-hybridized carbons (Fsp3) is 0.250. The average molecular weight is 230 g/mol. The van der Waals surface area contributed by atoms with Crippen molar-refractivity contribution in [2.45, 2.75) is 13.8 Å². The van der Waals surface area contributed by atoms with Crippen LogP contribution in [0.5, 0.6) is 0 Å². The highest BCUT2D eigenvalue weighted by atomic mass is 79.9. The minimum Gasteiger partial charge on any atom is -0.476 e. The summed E-state index contributed by atoms with van der Waals surface area (Å²) in [7, 11) is 0. The fourth-order valence-electron chi connectivity index (χ4n) is 0.822. The molecule has 0 bridgehead atoms. The molecule has 0 unspecified atom stereocenters. The number of carboxylic acid groups (broad SMARTS) is 1. The summed E-state index contributed by atoms with van der Waals surface area (Å²) in [4.78, 5) is 14.5. The van der Waals surface area contributed by atoms with Crippen molar-refractivity contribution in [1.29, 1.82) is 0 Å². The molecule has 0 saturated carbocycles. The lowest BCUT2D eigenvalue weighted by Crippen LogP contribution is -2.03. The van der Waals surface area contributed by atoms with Crippen molar-refractivity contribution >= 4 is 21.9 Å². The number of aryl methyl sites for hydroxylation is 2. The van der Waals surface area contributed by atoms with Gasteiger partial charge in [-0.3, -0.25) is 0 Å². The van der Waals surface area contributed by atoms with Crippen LogP contribution in [0.25, 0.3) is 0 Å². The number of hydrogen-bond donors (Lipinski definition) is 1. The molecule has 1 aromatic rings. The zero-order valence-electron chi connectivity index (χ0n) is 6.76. The maximum Gasteiger partial charge on any atom is 0.355 e. The Bertz CT molecular complexity index is 336. The Morgan fingerprint density at radius 1 is 1.58 bits per heavy atom. The van der Waals surface area contributed by atoms with Crippen LogP contribution in [0.1, 0.15) is 21.7 Å². The number of rotatable bonds is 1. The first-order valence-corrected chi connectivity index (χ1v) is 4.18. The summed E-state index contributed by atoms with van der Waals surface area (Å²) in [5.74, 6) is -1.01. The Morgan fingerprint density at radius 3 is 2.67 bits per heavy atom. The van der Waals surface area contributed by atoms with Crippen LogP contribution in [0.4, 0.5) is 0 Å². The molecule has 0 atom stereocenters. The van der Waals surface area contributed by atoms with Gasteiger partial charge in [-0.25, -0.2) is 9.78 Å². The van der Waals surface area contributed by atoms with E-state index in [0.717, 1.165) is 11.3 Å². The minimum atomic E-state index is -1.01. The molecular formula is C8H8BrNO2. The summed E-state index contributed by atoms with van der Waals surface area (Å²) in [6, 6.07) is 1.76. The normalized spacial score (nSPS) is 9.92. The smallest absolute Gasteiger partial charge is 0.355 e. The molecule has 1 aromatic heterocycles. The van der Waals surface area contributed by atoms with E-state index in [9.17, 15) is 4.79 Å². The van der Waals surface area contributed by atoms with Gasteiger partial charge in [0.2, 0.25) is 0 Å². The number of pyridine rings is 1. The van der Waals surface area contributed by atoms with Crippen LogP contribution in [0.3, 0.4) is 0 Å². The summed E-state index contributed by atoms with van der Waals surface area (Å²) >= 11 is 3.14. The number of nitrogens with zero attached hydrogens (tertiary/aromatic N) is 1. The lowest BCUT2D eigenvalue weighted by Gasteiger charge is -2.02. The van der Waals surface area contributed by atoms with E-state index in [1.807, 2.05) is 6.92 Å². The van der Waals surface area contributed by atoms with Gasteiger partial charge in [0, 0.05) is 5.69 Å². The van der Waals surface area contributed by atoms with E-state index in [1.54, 1.807) is 13.0 Å². The number of aromatic nitrogens is 1. The van der Waals surface area contributed by atoms with E-state index in [2.05, 4.69) is 20.9 Å². The van der Waals surface area contributed by atoms with Crippen molar-refractivity contribution in [2.75, 3.05) is 0 Å². The van der Waals surface area contributed by atoms with Crippen molar-refractivity contribution in [2.24, 2.45) is 0 Å². The van der Waals surface area contributed by atoms with Gasteiger partial charge in [-0.05, 0) is 41.4 Å². The monoisotopic (exact) mass is 229 g/mol. The number of aromatic carboxylic acids is 1. The van der Waals surface area contributed by atoms with Crippen LogP contribution < -0.4 is 0 Å². The summed E-state index contributed by atoms with van der Waals surface area (Å²) in [5.41, 5.74) is 1.79. The summed E-state index contributed by atoms with van der Waals surface area (Å²) in [6.45, 7) is 3.67. The maximum atomic E-state index is 10.6. The summed E-state index contributed by atoms with van der Waals surface area (Å²) in [5, 5.41) is 8.69. The lowest BCUT2D eigenvalue weighted by molar-refractivity contribution is 0.0689. The maximum absolute atomic E-state index is 10.6. The van der Waals surface area contributed by atoms with Crippen molar-refractivity contribution in [3.8, 4) is 0 Å². The number of carbonyl (C=O) groups is 1. The van der Waals surface area contributed by atoms with E-state index in [0.29, 0.717) is 4.47 Å². The van der Waals surface area contributed by atoms with Crippen LogP contribution in [0.2, 0.25) is 0 Å². The Labute approximate surface area is 78.6 Å². The summed E-state index contributed by atoms with van der Waals surface area (Å²) in [6.07, 6.45) is 0. The Morgan fingerprint density at radius 2 is 2.17 bits per heavy atom. The van der Waals surface area contributed by atoms with Gasteiger partial charge < -0.3 is 5.11 Å². The van der Waals surface area contributed by atoms with Crippen molar-refractivity contribution in [3.05, 3.63) is 27.5 Å². The van der Waals surface area contributed by atoms with Gasteiger partial charge in [-0.2, -0.15) is 0 Å². The molecule has 1 heterocycles. The van der Waals surface area contributed by atoms with E-state index in [4.69, 9.17) is 5.11 Å². The minimum absolute atomic E-state index is 0.0677. The van der Waals surface area contributed by atoms with Crippen LogP contribution in [0, 0.1) is 13.8 Å². The standard InChI is InChI=1S/C8H8BrNO2/c1-4-3-6(9)7(8(11)12)10-5(4)2/h3H,1-2H3,(H,11,12). The highest BCUT2D eigenvalue weighted by molar-refractivity contribution is 9.10. The van der Waals surface area contributed by atoms with Gasteiger partial charge in [0.1, 0.15) is 0 Å². The van der Waals surface area contributed by atoms with E-state index >= 15 is 0 Å². The average Bonchev–Trinajstić information content (AvgIpc) is 1.96. The highest BCUT2D eigenvalue weighted by Crippen LogP contribution is 2.17. The SMILES string of the molecule is Cc1cc(Br)c(C(=O)O)nc1C. The number of halogens is 1. The molecule has 3 nitrogen and oxygen atoms in total. The molecule has 0 amide bonds. The van der Waals surface area contributed by atoms with Gasteiger partial charge >= 0.3 is 5.97 Å². The van der Waals surface area contributed by atoms with Crippen molar-refractivity contribution in [1.82, 2.24) is 4.98 Å². The topological polar surface area (TPSA) is 50.2 Å². The third-order valence-corrected chi connectivity index (χ3v) is 2.23. The zero-order valence-corrected chi connectivity index (χ0v) is 8.34. The van der Waals surface area contributed by atoms with E-state index in [-0.39, 0.29) is 5.69 Å². The number of carboxylic acids is 1. The van der Waals surface area contributed by atoms with Gasteiger partial charge in [0.15, 0.2) is 5.69 Å². The second kappa shape index (κ2) is 3.23. The Balaban J connectivity index is 3.33. The molecule has 64 valence electrons. The quantitative estimate of drug-likeness (QED) is 0.804. The van der Waals surface area contributed by atoms with E-state index in [1.165, 1.54) is 0 Å². The summed E-state index contributed by atoms with van der Waals surface area (Å²) < 4.78 is 0.526. The van der Waals surface area contributed by atoms with Crippen LogP contribution >= 0.6 is 15.9 Å². The first-order chi connectivity index (χ1) is 5.52. The largest absolute Gasteiger partial charge is 0.476 e. The van der Waals surface area contributed by atoms with E-state index < -0.39 is 5.97 Å². The zero-order chi connectivity index (χ0) is 9.30. The molecular weight excluding hydrogens is 222 g/mol. The van der Waals surface area contributed by atoms with Gasteiger partial charge in [0.25, 0.3) is 0 Å². The second-order valence-corrected chi connectivity index (χ2v) is 3.38. The van der Waals surface area contributed by atoms with Gasteiger partial charge in [-0.15, -0.1) is 0 Å². The molecule has 0 aromatic carbocycles. The van der Waals surface area contributed by atoms with Crippen molar-refractivity contribution in [3.63, 3.8) is 0 Å². The molecule has 0 aliphatic heterocycles. The third kappa shape index (κ3) is 1.64. The molecule has 0 aliphatic rings. The molecule has 0 radical (unpaired) electrons. The highest BCUT2D eigenvalue weighted by Gasteiger charge is 2.11. The van der Waals surface area contributed by atoms with Crippen molar-refractivity contribution < 1.29 is 9.90 Å². The second-order valence-electron chi connectivity index (χ2n) is 2.53. The van der Waals surface area contributed by atoms with Crippen LogP contribution in [-0.2, 0) is 0 Å². The number of hydrogen-bond acceptors (Lipinski definition) is 2. The molecule has 4 heteroatoms. The Kier molecular flexibility index (Phi) is 2.47. The van der Waals surface area contributed by atoms with Crippen LogP contribution in [0.15, 0.2) is 10.5 Å².